The lowest BCUT2D eigenvalue weighted by Gasteiger charge is -2.21. The predicted octanol–water partition coefficient (Wildman–Crippen LogP) is 0.214. The first-order valence-corrected chi connectivity index (χ1v) is 7.48. The summed E-state index contributed by atoms with van der Waals surface area (Å²) in [5.74, 6) is 0. The topological polar surface area (TPSA) is 81.4 Å². The number of hydrogen-bond acceptors (Lipinski definition) is 4. The van der Waals surface area contributed by atoms with Crippen LogP contribution in [0.1, 0.15) is 32.1 Å². The van der Waals surface area contributed by atoms with Gasteiger partial charge in [0.2, 0.25) is 10.0 Å². The van der Waals surface area contributed by atoms with E-state index in [2.05, 4.69) is 4.72 Å². The minimum atomic E-state index is -3.13. The average molecular weight is 250 g/mol. The summed E-state index contributed by atoms with van der Waals surface area (Å²) in [6.07, 6.45) is 4.79. The molecule has 1 fully saturated rings. The molecule has 0 aromatic carbocycles. The molecular weight excluding hydrogens is 228 g/mol. The van der Waals surface area contributed by atoms with E-state index in [0.717, 1.165) is 32.1 Å². The molecule has 3 N–H and O–H groups in total. The highest BCUT2D eigenvalue weighted by Crippen LogP contribution is 2.22. The van der Waals surface area contributed by atoms with Crippen LogP contribution in [-0.4, -0.2) is 40.0 Å². The second-order valence-corrected chi connectivity index (χ2v) is 6.15. The summed E-state index contributed by atoms with van der Waals surface area (Å²) in [5, 5.41) is -0.198. The van der Waals surface area contributed by atoms with Gasteiger partial charge in [0.25, 0.3) is 0 Å². The summed E-state index contributed by atoms with van der Waals surface area (Å²) in [6, 6.07) is 0. The van der Waals surface area contributed by atoms with E-state index in [0.29, 0.717) is 26.3 Å². The van der Waals surface area contributed by atoms with E-state index in [4.69, 9.17) is 10.5 Å². The first kappa shape index (κ1) is 13.9. The van der Waals surface area contributed by atoms with Crippen LogP contribution in [0.5, 0.6) is 0 Å². The van der Waals surface area contributed by atoms with Crippen LogP contribution in [0.25, 0.3) is 0 Å². The molecule has 6 heteroatoms. The maximum absolute atomic E-state index is 11.8. The van der Waals surface area contributed by atoms with Gasteiger partial charge in [0.05, 0.1) is 18.5 Å². The SMILES string of the molecule is NCCOCCNS(=O)(=O)C1CCCCC1. The molecule has 1 aliphatic carbocycles. The Balaban J connectivity index is 2.22. The molecule has 1 rings (SSSR count). The molecule has 0 saturated heterocycles. The summed E-state index contributed by atoms with van der Waals surface area (Å²) in [4.78, 5) is 0. The van der Waals surface area contributed by atoms with Gasteiger partial charge in [-0.2, -0.15) is 0 Å². The highest BCUT2D eigenvalue weighted by atomic mass is 32.2. The smallest absolute Gasteiger partial charge is 0.214 e. The fraction of sp³-hybridized carbons (Fsp3) is 1.00. The Hall–Kier alpha value is -0.170. The summed E-state index contributed by atoms with van der Waals surface area (Å²) in [7, 11) is -3.13. The van der Waals surface area contributed by atoms with E-state index in [1.165, 1.54) is 0 Å². The minimum absolute atomic E-state index is 0.198. The van der Waals surface area contributed by atoms with Gasteiger partial charge in [-0.25, -0.2) is 13.1 Å². The molecule has 96 valence electrons. The maximum Gasteiger partial charge on any atom is 0.214 e. The van der Waals surface area contributed by atoms with Crippen molar-refractivity contribution in [3.05, 3.63) is 0 Å². The van der Waals surface area contributed by atoms with Gasteiger partial charge in [-0.15, -0.1) is 0 Å². The van der Waals surface area contributed by atoms with Crippen molar-refractivity contribution >= 4 is 10.0 Å². The third-order valence-corrected chi connectivity index (χ3v) is 4.76. The molecule has 0 aromatic heterocycles. The quantitative estimate of drug-likeness (QED) is 0.633. The molecule has 1 aliphatic rings. The zero-order valence-electron chi connectivity index (χ0n) is 9.65. The first-order valence-electron chi connectivity index (χ1n) is 5.93. The van der Waals surface area contributed by atoms with Gasteiger partial charge in [-0.1, -0.05) is 19.3 Å². The maximum atomic E-state index is 11.8. The Morgan fingerprint density at radius 1 is 1.19 bits per heavy atom. The second-order valence-electron chi connectivity index (χ2n) is 4.10. The summed E-state index contributed by atoms with van der Waals surface area (Å²) in [5.41, 5.74) is 5.25. The standard InChI is InChI=1S/C10H22N2O3S/c11-6-8-15-9-7-12-16(13,14)10-4-2-1-3-5-10/h10,12H,1-9,11H2. The van der Waals surface area contributed by atoms with Gasteiger partial charge in [-0.05, 0) is 12.8 Å². The second kappa shape index (κ2) is 7.21. The summed E-state index contributed by atoms with van der Waals surface area (Å²) >= 11 is 0. The minimum Gasteiger partial charge on any atom is -0.379 e. The fourth-order valence-corrected chi connectivity index (χ4v) is 3.49. The van der Waals surface area contributed by atoms with Gasteiger partial charge < -0.3 is 10.5 Å². The van der Waals surface area contributed by atoms with Gasteiger partial charge in [0.15, 0.2) is 0 Å². The predicted molar refractivity (Wildman–Crippen MR) is 63.7 cm³/mol. The van der Waals surface area contributed by atoms with Crippen molar-refractivity contribution in [3.8, 4) is 0 Å². The molecule has 1 saturated carbocycles. The van der Waals surface area contributed by atoms with Gasteiger partial charge in [-0.3, -0.25) is 0 Å². The van der Waals surface area contributed by atoms with Crippen LogP contribution in [0.4, 0.5) is 0 Å². The van der Waals surface area contributed by atoms with Crippen molar-refractivity contribution < 1.29 is 13.2 Å². The monoisotopic (exact) mass is 250 g/mol. The number of rotatable bonds is 7. The lowest BCUT2D eigenvalue weighted by atomic mass is 10.0. The Labute approximate surface area is 97.8 Å². The molecule has 0 amide bonds. The largest absolute Gasteiger partial charge is 0.379 e. The Kier molecular flexibility index (Phi) is 6.26. The number of ether oxygens (including phenoxy) is 1. The number of hydrogen-bond donors (Lipinski definition) is 2. The van der Waals surface area contributed by atoms with Crippen molar-refractivity contribution in [1.82, 2.24) is 4.72 Å². The van der Waals surface area contributed by atoms with Crippen LogP contribution in [0.15, 0.2) is 0 Å². The average Bonchev–Trinajstić information content (AvgIpc) is 2.30. The molecule has 0 radical (unpaired) electrons. The number of sulfonamides is 1. The molecular formula is C10H22N2O3S. The van der Waals surface area contributed by atoms with Crippen molar-refractivity contribution in [3.63, 3.8) is 0 Å². The third kappa shape index (κ3) is 4.78. The molecule has 0 bridgehead atoms. The van der Waals surface area contributed by atoms with E-state index in [1.807, 2.05) is 0 Å². The number of nitrogens with one attached hydrogen (secondary N) is 1. The Morgan fingerprint density at radius 3 is 2.50 bits per heavy atom. The lowest BCUT2D eigenvalue weighted by molar-refractivity contribution is 0.147. The highest BCUT2D eigenvalue weighted by molar-refractivity contribution is 7.90. The molecule has 0 aromatic rings. The van der Waals surface area contributed by atoms with Crippen molar-refractivity contribution in [1.29, 1.82) is 0 Å². The summed E-state index contributed by atoms with van der Waals surface area (Å²) < 4.78 is 31.4. The van der Waals surface area contributed by atoms with Crippen LogP contribution in [-0.2, 0) is 14.8 Å². The molecule has 16 heavy (non-hydrogen) atoms. The van der Waals surface area contributed by atoms with Crippen molar-refractivity contribution in [2.45, 2.75) is 37.4 Å². The molecule has 0 spiro atoms. The lowest BCUT2D eigenvalue weighted by Crippen LogP contribution is -2.37. The van der Waals surface area contributed by atoms with E-state index < -0.39 is 10.0 Å². The molecule has 0 aliphatic heterocycles. The van der Waals surface area contributed by atoms with Gasteiger partial charge in [0.1, 0.15) is 0 Å². The van der Waals surface area contributed by atoms with E-state index in [9.17, 15) is 8.42 Å². The summed E-state index contributed by atoms with van der Waals surface area (Å²) in [6.45, 7) is 1.68. The molecule has 0 unspecified atom stereocenters. The van der Waals surface area contributed by atoms with Crippen molar-refractivity contribution in [2.75, 3.05) is 26.3 Å². The van der Waals surface area contributed by atoms with Crippen LogP contribution < -0.4 is 10.5 Å². The van der Waals surface area contributed by atoms with E-state index in [-0.39, 0.29) is 5.25 Å². The van der Waals surface area contributed by atoms with Gasteiger partial charge in [0, 0.05) is 13.1 Å². The normalized spacial score (nSPS) is 18.8. The van der Waals surface area contributed by atoms with Crippen molar-refractivity contribution in [2.24, 2.45) is 5.73 Å². The Bertz CT molecular complexity index is 274. The third-order valence-electron chi connectivity index (χ3n) is 2.80. The molecule has 0 atom stereocenters. The van der Waals surface area contributed by atoms with Crippen LogP contribution in [0.3, 0.4) is 0 Å². The Morgan fingerprint density at radius 2 is 1.88 bits per heavy atom. The number of nitrogens with two attached hydrogens (primary N) is 1. The van der Waals surface area contributed by atoms with Gasteiger partial charge >= 0.3 is 0 Å². The highest BCUT2D eigenvalue weighted by Gasteiger charge is 2.26. The fourth-order valence-electron chi connectivity index (χ4n) is 1.93. The zero-order chi connectivity index (χ0) is 11.9. The first-order chi connectivity index (χ1) is 7.67. The van der Waals surface area contributed by atoms with Crippen LogP contribution >= 0.6 is 0 Å². The zero-order valence-corrected chi connectivity index (χ0v) is 10.5. The van der Waals surface area contributed by atoms with Crippen LogP contribution in [0, 0.1) is 0 Å². The van der Waals surface area contributed by atoms with Crippen LogP contribution in [0.2, 0.25) is 0 Å². The molecule has 5 nitrogen and oxygen atoms in total. The molecule has 0 heterocycles. The van der Waals surface area contributed by atoms with E-state index in [1.54, 1.807) is 0 Å². The van der Waals surface area contributed by atoms with E-state index >= 15 is 0 Å².